The maximum atomic E-state index is 13.1. The highest BCUT2D eigenvalue weighted by Crippen LogP contribution is 2.18. The second-order valence-corrected chi connectivity index (χ2v) is 4.32. The largest absolute Gasteiger partial charge is 0.507 e. The third-order valence-electron chi connectivity index (χ3n) is 2.98. The summed E-state index contributed by atoms with van der Waals surface area (Å²) in [4.78, 5) is 11.9. The molecule has 0 fully saturated rings. The number of amides is 1. The summed E-state index contributed by atoms with van der Waals surface area (Å²) < 4.78 is 13.1. The smallest absolute Gasteiger partial charge is 0.255 e. The summed E-state index contributed by atoms with van der Waals surface area (Å²) >= 11 is 0. The van der Waals surface area contributed by atoms with E-state index in [1.54, 1.807) is 0 Å². The van der Waals surface area contributed by atoms with Crippen molar-refractivity contribution in [1.82, 2.24) is 5.32 Å². The van der Waals surface area contributed by atoms with Crippen LogP contribution in [0.1, 0.15) is 21.5 Å². The van der Waals surface area contributed by atoms with Crippen molar-refractivity contribution in [3.05, 3.63) is 65.0 Å². The van der Waals surface area contributed by atoms with Crippen LogP contribution in [-0.2, 0) is 13.1 Å². The lowest BCUT2D eigenvalue weighted by Gasteiger charge is -2.10. The van der Waals surface area contributed by atoms with Gasteiger partial charge < -0.3 is 16.2 Å². The number of carbonyl (C=O) groups excluding carboxylic acids is 1. The second-order valence-electron chi connectivity index (χ2n) is 4.32. The van der Waals surface area contributed by atoms with Crippen LogP contribution in [0.25, 0.3) is 0 Å². The lowest BCUT2D eigenvalue weighted by molar-refractivity contribution is 0.0947. The number of phenols is 1. The molecule has 0 aliphatic heterocycles. The molecule has 2 rings (SSSR count). The Balaban J connectivity index is 2.11. The molecular formula is C15H15FN2O2. The third kappa shape index (κ3) is 3.13. The fourth-order valence-electron chi connectivity index (χ4n) is 1.89. The van der Waals surface area contributed by atoms with E-state index < -0.39 is 11.7 Å². The summed E-state index contributed by atoms with van der Waals surface area (Å²) in [5, 5.41) is 12.2. The average molecular weight is 274 g/mol. The zero-order chi connectivity index (χ0) is 14.5. The minimum Gasteiger partial charge on any atom is -0.507 e. The summed E-state index contributed by atoms with van der Waals surface area (Å²) in [7, 11) is 0. The van der Waals surface area contributed by atoms with Crippen LogP contribution in [0.4, 0.5) is 4.39 Å². The highest BCUT2D eigenvalue weighted by Gasteiger charge is 2.12. The Hall–Kier alpha value is -2.40. The summed E-state index contributed by atoms with van der Waals surface area (Å²) in [6.45, 7) is 0.638. The Morgan fingerprint density at radius 2 is 1.90 bits per heavy atom. The molecule has 5 heteroatoms. The maximum Gasteiger partial charge on any atom is 0.255 e. The van der Waals surface area contributed by atoms with Gasteiger partial charge in [0, 0.05) is 13.1 Å². The Bertz CT molecular complexity index is 629. The van der Waals surface area contributed by atoms with Crippen molar-refractivity contribution in [1.29, 1.82) is 0 Å². The first-order valence-corrected chi connectivity index (χ1v) is 6.15. The Morgan fingerprint density at radius 1 is 1.20 bits per heavy atom. The molecule has 2 aromatic carbocycles. The van der Waals surface area contributed by atoms with Crippen LogP contribution < -0.4 is 11.1 Å². The zero-order valence-electron chi connectivity index (χ0n) is 10.8. The van der Waals surface area contributed by atoms with E-state index in [1.807, 2.05) is 24.3 Å². The van der Waals surface area contributed by atoms with Gasteiger partial charge in [0.15, 0.2) is 0 Å². The normalized spacial score (nSPS) is 10.3. The average Bonchev–Trinajstić information content (AvgIpc) is 2.47. The van der Waals surface area contributed by atoms with Gasteiger partial charge in [0.05, 0.1) is 5.56 Å². The molecule has 0 unspecified atom stereocenters. The van der Waals surface area contributed by atoms with Gasteiger partial charge in [0.2, 0.25) is 0 Å². The predicted octanol–water partition coefficient (Wildman–Crippen LogP) is 1.92. The number of halogens is 1. The quantitative estimate of drug-likeness (QED) is 0.797. The van der Waals surface area contributed by atoms with Gasteiger partial charge in [-0.1, -0.05) is 24.3 Å². The molecule has 0 atom stereocenters. The first-order valence-electron chi connectivity index (χ1n) is 6.15. The number of rotatable bonds is 4. The summed E-state index contributed by atoms with van der Waals surface area (Å²) in [6, 6.07) is 10.7. The number of aromatic hydroxyl groups is 1. The van der Waals surface area contributed by atoms with Crippen molar-refractivity contribution in [2.24, 2.45) is 5.73 Å². The van der Waals surface area contributed by atoms with Gasteiger partial charge in [0.1, 0.15) is 11.6 Å². The fraction of sp³-hybridized carbons (Fsp3) is 0.133. The van der Waals surface area contributed by atoms with Crippen LogP contribution in [0.15, 0.2) is 42.5 Å². The van der Waals surface area contributed by atoms with Crippen LogP contribution in [0.5, 0.6) is 5.75 Å². The molecule has 0 saturated heterocycles. The summed E-state index contributed by atoms with van der Waals surface area (Å²) in [6.07, 6.45) is 0. The van der Waals surface area contributed by atoms with E-state index in [0.29, 0.717) is 6.54 Å². The molecule has 0 heterocycles. The lowest BCUT2D eigenvalue weighted by Crippen LogP contribution is -2.24. The maximum absolute atomic E-state index is 13.1. The Morgan fingerprint density at radius 3 is 2.60 bits per heavy atom. The molecule has 4 N–H and O–H groups in total. The first-order chi connectivity index (χ1) is 9.61. The van der Waals surface area contributed by atoms with Gasteiger partial charge in [-0.2, -0.15) is 0 Å². The molecular weight excluding hydrogens is 259 g/mol. The number of hydrogen-bond acceptors (Lipinski definition) is 3. The number of nitrogens with two attached hydrogens (primary N) is 1. The standard InChI is InChI=1S/C15H15FN2O2/c16-12-5-6-14(19)13(7-12)15(20)18-9-11-4-2-1-3-10(11)8-17/h1-7,19H,8-9,17H2,(H,18,20). The molecule has 4 nitrogen and oxygen atoms in total. The summed E-state index contributed by atoms with van der Waals surface area (Å²) in [5.41, 5.74) is 7.34. The predicted molar refractivity (Wildman–Crippen MR) is 73.6 cm³/mol. The Labute approximate surface area is 116 Å². The van der Waals surface area contributed by atoms with Crippen LogP contribution in [0, 0.1) is 5.82 Å². The van der Waals surface area contributed by atoms with Crippen molar-refractivity contribution in [2.45, 2.75) is 13.1 Å². The van der Waals surface area contributed by atoms with Crippen molar-refractivity contribution >= 4 is 5.91 Å². The minimum atomic E-state index is -0.574. The van der Waals surface area contributed by atoms with Crippen molar-refractivity contribution in [3.63, 3.8) is 0 Å². The lowest BCUT2D eigenvalue weighted by atomic mass is 10.1. The Kier molecular flexibility index (Phi) is 4.32. The monoisotopic (exact) mass is 274 g/mol. The van der Waals surface area contributed by atoms with Gasteiger partial charge in [-0.05, 0) is 29.3 Å². The topological polar surface area (TPSA) is 75.3 Å². The van der Waals surface area contributed by atoms with E-state index in [4.69, 9.17) is 5.73 Å². The third-order valence-corrected chi connectivity index (χ3v) is 2.98. The van der Waals surface area contributed by atoms with Gasteiger partial charge in [0.25, 0.3) is 5.91 Å². The highest BCUT2D eigenvalue weighted by molar-refractivity contribution is 5.96. The van der Waals surface area contributed by atoms with Crippen molar-refractivity contribution in [3.8, 4) is 5.75 Å². The number of nitrogens with one attached hydrogen (secondary N) is 1. The van der Waals surface area contributed by atoms with Gasteiger partial charge in [-0.3, -0.25) is 4.79 Å². The second kappa shape index (κ2) is 6.16. The number of benzene rings is 2. The highest BCUT2D eigenvalue weighted by atomic mass is 19.1. The van der Waals surface area contributed by atoms with Crippen LogP contribution in [0.3, 0.4) is 0 Å². The van der Waals surface area contributed by atoms with Crippen molar-refractivity contribution < 1.29 is 14.3 Å². The molecule has 104 valence electrons. The van der Waals surface area contributed by atoms with E-state index in [0.717, 1.165) is 29.3 Å². The molecule has 0 aliphatic rings. The van der Waals surface area contributed by atoms with Crippen LogP contribution in [0.2, 0.25) is 0 Å². The van der Waals surface area contributed by atoms with E-state index >= 15 is 0 Å². The number of phenolic OH excluding ortho intramolecular Hbond substituents is 1. The molecule has 0 radical (unpaired) electrons. The minimum absolute atomic E-state index is 0.0878. The summed E-state index contributed by atoms with van der Waals surface area (Å²) in [5.74, 6) is -1.36. The molecule has 2 aromatic rings. The van der Waals surface area contributed by atoms with Gasteiger partial charge >= 0.3 is 0 Å². The molecule has 0 bridgehead atoms. The van der Waals surface area contributed by atoms with E-state index in [9.17, 15) is 14.3 Å². The fourth-order valence-corrected chi connectivity index (χ4v) is 1.89. The molecule has 20 heavy (non-hydrogen) atoms. The zero-order valence-corrected chi connectivity index (χ0v) is 10.8. The van der Waals surface area contributed by atoms with Crippen LogP contribution in [-0.4, -0.2) is 11.0 Å². The molecule has 0 aromatic heterocycles. The van der Waals surface area contributed by atoms with Crippen molar-refractivity contribution in [2.75, 3.05) is 0 Å². The van der Waals surface area contributed by atoms with Crippen LogP contribution >= 0.6 is 0 Å². The van der Waals surface area contributed by atoms with Gasteiger partial charge in [-0.25, -0.2) is 4.39 Å². The van der Waals surface area contributed by atoms with E-state index in [1.165, 1.54) is 0 Å². The number of carbonyl (C=O) groups is 1. The van der Waals surface area contributed by atoms with E-state index in [2.05, 4.69) is 5.32 Å². The van der Waals surface area contributed by atoms with E-state index in [-0.39, 0.29) is 17.9 Å². The van der Waals surface area contributed by atoms with Gasteiger partial charge in [-0.15, -0.1) is 0 Å². The number of hydrogen-bond donors (Lipinski definition) is 3. The molecule has 0 saturated carbocycles. The molecule has 0 spiro atoms. The first kappa shape index (κ1) is 14.0. The molecule has 0 aliphatic carbocycles. The molecule has 1 amide bonds. The SMILES string of the molecule is NCc1ccccc1CNC(=O)c1cc(F)ccc1O.